The standard InChI is InChI=1S/C11H16N2O6S/c1-8-3-4-10(13(15)16)5-11(8)20(17,18)12-9(6-14)7-19-2/h3-5,9,12,14H,6-7H2,1-2H3. The number of non-ortho nitro benzene ring substituents is 1. The molecule has 0 spiro atoms. The third-order valence-corrected chi connectivity index (χ3v) is 4.24. The van der Waals surface area contributed by atoms with Gasteiger partial charge >= 0.3 is 0 Å². The summed E-state index contributed by atoms with van der Waals surface area (Å²) >= 11 is 0. The fourth-order valence-corrected chi connectivity index (χ4v) is 3.08. The topological polar surface area (TPSA) is 119 Å². The SMILES string of the molecule is COCC(CO)NS(=O)(=O)c1cc([N+](=O)[O-])ccc1C. The van der Waals surface area contributed by atoms with E-state index in [-0.39, 0.29) is 17.2 Å². The number of aliphatic hydroxyl groups is 1. The summed E-state index contributed by atoms with van der Waals surface area (Å²) in [5, 5.41) is 19.8. The highest BCUT2D eigenvalue weighted by molar-refractivity contribution is 7.89. The first-order valence-electron chi connectivity index (χ1n) is 5.69. The summed E-state index contributed by atoms with van der Waals surface area (Å²) in [5.41, 5.74) is 0.0560. The minimum absolute atomic E-state index is 0.0102. The van der Waals surface area contributed by atoms with E-state index in [1.54, 1.807) is 0 Å². The van der Waals surface area contributed by atoms with Gasteiger partial charge in [-0.05, 0) is 12.5 Å². The Morgan fingerprint density at radius 1 is 1.50 bits per heavy atom. The van der Waals surface area contributed by atoms with Gasteiger partial charge in [-0.15, -0.1) is 0 Å². The molecule has 1 unspecified atom stereocenters. The molecule has 0 amide bonds. The van der Waals surface area contributed by atoms with E-state index in [2.05, 4.69) is 4.72 Å². The van der Waals surface area contributed by atoms with Crippen molar-refractivity contribution in [2.45, 2.75) is 17.9 Å². The maximum atomic E-state index is 12.2. The quantitative estimate of drug-likeness (QED) is 0.548. The lowest BCUT2D eigenvalue weighted by atomic mass is 10.2. The van der Waals surface area contributed by atoms with E-state index in [0.717, 1.165) is 6.07 Å². The zero-order chi connectivity index (χ0) is 15.3. The molecular weight excluding hydrogens is 288 g/mol. The van der Waals surface area contributed by atoms with Crippen LogP contribution in [0.2, 0.25) is 0 Å². The third-order valence-electron chi connectivity index (χ3n) is 2.58. The first kappa shape index (κ1) is 16.5. The molecule has 112 valence electrons. The van der Waals surface area contributed by atoms with Crippen LogP contribution in [-0.4, -0.2) is 44.8 Å². The van der Waals surface area contributed by atoms with E-state index in [0.29, 0.717) is 5.56 Å². The van der Waals surface area contributed by atoms with Gasteiger partial charge in [0, 0.05) is 19.2 Å². The van der Waals surface area contributed by atoms with Crippen LogP contribution in [0.5, 0.6) is 0 Å². The van der Waals surface area contributed by atoms with Crippen LogP contribution in [0.3, 0.4) is 0 Å². The van der Waals surface area contributed by atoms with Crippen molar-refractivity contribution < 1.29 is 23.2 Å². The highest BCUT2D eigenvalue weighted by atomic mass is 32.2. The van der Waals surface area contributed by atoms with E-state index in [4.69, 9.17) is 9.84 Å². The van der Waals surface area contributed by atoms with Crippen molar-refractivity contribution in [3.05, 3.63) is 33.9 Å². The van der Waals surface area contributed by atoms with E-state index in [1.165, 1.54) is 26.2 Å². The number of nitro benzene ring substituents is 1. The van der Waals surface area contributed by atoms with Crippen LogP contribution >= 0.6 is 0 Å². The van der Waals surface area contributed by atoms with Crippen molar-refractivity contribution in [2.24, 2.45) is 0 Å². The van der Waals surface area contributed by atoms with Crippen molar-refractivity contribution in [2.75, 3.05) is 20.3 Å². The number of hydrogen-bond donors (Lipinski definition) is 2. The van der Waals surface area contributed by atoms with Crippen molar-refractivity contribution in [3.8, 4) is 0 Å². The summed E-state index contributed by atoms with van der Waals surface area (Å²) in [4.78, 5) is 9.84. The van der Waals surface area contributed by atoms with Crippen molar-refractivity contribution in [1.29, 1.82) is 0 Å². The number of nitrogens with one attached hydrogen (secondary N) is 1. The molecule has 1 aromatic carbocycles. The predicted octanol–water partition coefficient (Wildman–Crippen LogP) is 0.189. The molecule has 0 heterocycles. The zero-order valence-corrected chi connectivity index (χ0v) is 11.9. The second-order valence-corrected chi connectivity index (χ2v) is 5.85. The third kappa shape index (κ3) is 3.97. The van der Waals surface area contributed by atoms with Crippen LogP contribution in [0.15, 0.2) is 23.1 Å². The van der Waals surface area contributed by atoms with E-state index >= 15 is 0 Å². The van der Waals surface area contributed by atoms with Gasteiger partial charge in [-0.3, -0.25) is 10.1 Å². The Labute approximate surface area is 116 Å². The monoisotopic (exact) mass is 304 g/mol. The normalized spacial score (nSPS) is 13.2. The molecular formula is C11H16N2O6S. The van der Waals surface area contributed by atoms with Crippen LogP contribution in [0.1, 0.15) is 5.56 Å². The Hall–Kier alpha value is -1.55. The molecule has 1 atom stereocenters. The Kier molecular flexibility index (Phi) is 5.57. The van der Waals surface area contributed by atoms with Crippen molar-refractivity contribution >= 4 is 15.7 Å². The number of aryl methyl sites for hydroxylation is 1. The van der Waals surface area contributed by atoms with Crippen molar-refractivity contribution in [3.63, 3.8) is 0 Å². The molecule has 0 aliphatic carbocycles. The number of ether oxygens (including phenoxy) is 1. The average Bonchev–Trinajstić information content (AvgIpc) is 2.37. The Balaban J connectivity index is 3.14. The molecule has 0 bridgehead atoms. The Morgan fingerprint density at radius 3 is 2.65 bits per heavy atom. The zero-order valence-electron chi connectivity index (χ0n) is 11.1. The lowest BCUT2D eigenvalue weighted by Gasteiger charge is -2.16. The number of methoxy groups -OCH3 is 1. The lowest BCUT2D eigenvalue weighted by molar-refractivity contribution is -0.385. The van der Waals surface area contributed by atoms with Crippen LogP contribution in [0, 0.1) is 17.0 Å². The maximum Gasteiger partial charge on any atom is 0.270 e. The summed E-state index contributed by atoms with van der Waals surface area (Å²) in [7, 11) is -2.60. The number of nitrogens with zero attached hydrogens (tertiary/aromatic N) is 1. The number of sulfonamides is 1. The van der Waals surface area contributed by atoms with Gasteiger partial charge in [0.15, 0.2) is 0 Å². The fraction of sp³-hybridized carbons (Fsp3) is 0.455. The average molecular weight is 304 g/mol. The summed E-state index contributed by atoms with van der Waals surface area (Å²) in [6, 6.07) is 2.76. The van der Waals surface area contributed by atoms with Gasteiger partial charge in [-0.2, -0.15) is 0 Å². The first-order valence-corrected chi connectivity index (χ1v) is 7.17. The number of nitro groups is 1. The highest BCUT2D eigenvalue weighted by Gasteiger charge is 2.23. The van der Waals surface area contributed by atoms with Crippen LogP contribution in [0.4, 0.5) is 5.69 Å². The summed E-state index contributed by atoms with van der Waals surface area (Å²) in [6.07, 6.45) is 0. The van der Waals surface area contributed by atoms with Gasteiger partial charge in [-0.1, -0.05) is 6.07 Å². The van der Waals surface area contributed by atoms with Gasteiger partial charge in [0.05, 0.1) is 29.1 Å². The summed E-state index contributed by atoms with van der Waals surface area (Å²) < 4.78 is 31.4. The lowest BCUT2D eigenvalue weighted by Crippen LogP contribution is -2.40. The highest BCUT2D eigenvalue weighted by Crippen LogP contribution is 2.21. The molecule has 0 saturated heterocycles. The minimum Gasteiger partial charge on any atom is -0.395 e. The maximum absolute atomic E-state index is 12.2. The summed E-state index contributed by atoms with van der Waals surface area (Å²) in [5.74, 6) is 0. The molecule has 0 saturated carbocycles. The smallest absolute Gasteiger partial charge is 0.270 e. The molecule has 20 heavy (non-hydrogen) atoms. The molecule has 0 aromatic heterocycles. The second-order valence-electron chi connectivity index (χ2n) is 4.16. The van der Waals surface area contributed by atoms with Gasteiger partial charge in [0.25, 0.3) is 5.69 Å². The molecule has 1 rings (SSSR count). The van der Waals surface area contributed by atoms with E-state index in [1.807, 2.05) is 0 Å². The number of rotatable bonds is 7. The Morgan fingerprint density at radius 2 is 2.15 bits per heavy atom. The predicted molar refractivity (Wildman–Crippen MR) is 70.9 cm³/mol. The van der Waals surface area contributed by atoms with Crippen molar-refractivity contribution in [1.82, 2.24) is 4.72 Å². The number of benzene rings is 1. The largest absolute Gasteiger partial charge is 0.395 e. The van der Waals surface area contributed by atoms with E-state index in [9.17, 15) is 18.5 Å². The molecule has 2 N–H and O–H groups in total. The van der Waals surface area contributed by atoms with Crippen LogP contribution < -0.4 is 4.72 Å². The molecule has 1 aromatic rings. The van der Waals surface area contributed by atoms with Gasteiger partial charge in [-0.25, -0.2) is 13.1 Å². The summed E-state index contributed by atoms with van der Waals surface area (Å²) in [6.45, 7) is 1.08. The molecule has 0 aliphatic heterocycles. The second kappa shape index (κ2) is 6.75. The molecule has 0 aliphatic rings. The van der Waals surface area contributed by atoms with Crippen LogP contribution in [0.25, 0.3) is 0 Å². The first-order chi connectivity index (χ1) is 9.31. The minimum atomic E-state index is -3.97. The number of aliphatic hydroxyl groups excluding tert-OH is 1. The molecule has 8 nitrogen and oxygen atoms in total. The molecule has 0 fully saturated rings. The fourth-order valence-electron chi connectivity index (χ4n) is 1.60. The molecule has 9 heteroatoms. The molecule has 0 radical (unpaired) electrons. The van der Waals surface area contributed by atoms with Gasteiger partial charge in [0.1, 0.15) is 0 Å². The number of hydrogen-bond acceptors (Lipinski definition) is 6. The van der Waals surface area contributed by atoms with Gasteiger partial charge < -0.3 is 9.84 Å². The Bertz CT molecular complexity index is 587. The van der Waals surface area contributed by atoms with Gasteiger partial charge in [0.2, 0.25) is 10.0 Å². The van der Waals surface area contributed by atoms with Crippen LogP contribution in [-0.2, 0) is 14.8 Å². The van der Waals surface area contributed by atoms with E-state index < -0.39 is 27.6 Å².